The number of carbonyl (C=O) groups excluding carboxylic acids is 1. The smallest absolute Gasteiger partial charge is 0.265 e. The van der Waals surface area contributed by atoms with Gasteiger partial charge in [0.15, 0.2) is 11.5 Å². The number of para-hydroxylation sites is 1. The van der Waals surface area contributed by atoms with Gasteiger partial charge in [0.1, 0.15) is 23.0 Å². The van der Waals surface area contributed by atoms with Gasteiger partial charge >= 0.3 is 0 Å². The molecule has 11 nitrogen and oxygen atoms in total. The number of hydrogen-bond acceptors (Lipinski definition) is 8. The van der Waals surface area contributed by atoms with Crippen LogP contribution >= 0.6 is 0 Å². The van der Waals surface area contributed by atoms with Crippen molar-refractivity contribution in [1.29, 1.82) is 0 Å². The summed E-state index contributed by atoms with van der Waals surface area (Å²) in [5.41, 5.74) is -0.265. The number of nitrogens with one attached hydrogen (secondary N) is 1. The van der Waals surface area contributed by atoms with E-state index in [4.69, 9.17) is 14.2 Å². The van der Waals surface area contributed by atoms with E-state index in [1.165, 1.54) is 80.2 Å². The fourth-order valence-corrected chi connectivity index (χ4v) is 7.73. The average Bonchev–Trinajstić information content (AvgIpc) is 3.00. The first-order valence-electron chi connectivity index (χ1n) is 13.0. The number of anilines is 2. The zero-order valence-corrected chi connectivity index (χ0v) is 25.0. The number of methoxy groups -OCH3 is 3. The molecule has 1 aliphatic heterocycles. The molecule has 42 heavy (non-hydrogen) atoms. The van der Waals surface area contributed by atoms with Crippen molar-refractivity contribution in [3.05, 3.63) is 66.5 Å². The highest BCUT2D eigenvalue weighted by atomic mass is 32.2. The van der Waals surface area contributed by atoms with Crippen LogP contribution < -0.4 is 23.8 Å². The van der Waals surface area contributed by atoms with E-state index in [2.05, 4.69) is 5.32 Å². The van der Waals surface area contributed by atoms with Gasteiger partial charge in [0, 0.05) is 24.8 Å². The summed E-state index contributed by atoms with van der Waals surface area (Å²) in [5.74, 6) is -1.20. The molecule has 1 heterocycles. The van der Waals surface area contributed by atoms with Crippen LogP contribution in [0.5, 0.6) is 17.2 Å². The molecule has 4 rings (SSSR count). The molecule has 0 saturated carbocycles. The van der Waals surface area contributed by atoms with Crippen LogP contribution in [0, 0.1) is 5.82 Å². The van der Waals surface area contributed by atoms with Crippen LogP contribution in [0.25, 0.3) is 0 Å². The maximum Gasteiger partial charge on any atom is 0.265 e. The Hall–Kier alpha value is -3.88. The summed E-state index contributed by atoms with van der Waals surface area (Å²) >= 11 is 0. The van der Waals surface area contributed by atoms with Crippen molar-refractivity contribution < 1.29 is 40.2 Å². The summed E-state index contributed by atoms with van der Waals surface area (Å²) in [7, 11) is -4.36. The Morgan fingerprint density at radius 2 is 1.50 bits per heavy atom. The van der Waals surface area contributed by atoms with Gasteiger partial charge in [-0.1, -0.05) is 18.6 Å². The van der Waals surface area contributed by atoms with E-state index in [0.29, 0.717) is 17.4 Å². The zero-order chi connectivity index (χ0) is 30.5. The lowest BCUT2D eigenvalue weighted by Gasteiger charge is -2.27. The van der Waals surface area contributed by atoms with Gasteiger partial charge in [-0.15, -0.1) is 0 Å². The summed E-state index contributed by atoms with van der Waals surface area (Å²) in [6.07, 6.45) is 2.40. The van der Waals surface area contributed by atoms with Crippen molar-refractivity contribution >= 4 is 37.3 Å². The first-order chi connectivity index (χ1) is 20.0. The molecule has 226 valence electrons. The van der Waals surface area contributed by atoms with Crippen LogP contribution in [-0.4, -0.2) is 68.0 Å². The summed E-state index contributed by atoms with van der Waals surface area (Å²) in [6.45, 7) is -0.0841. The maximum atomic E-state index is 14.9. The van der Waals surface area contributed by atoms with Crippen LogP contribution in [-0.2, 0) is 24.8 Å². The predicted molar refractivity (Wildman–Crippen MR) is 155 cm³/mol. The second-order valence-electron chi connectivity index (χ2n) is 9.36. The third-order valence-corrected chi connectivity index (χ3v) is 10.4. The molecule has 0 aromatic heterocycles. The molecule has 1 aliphatic rings. The van der Waals surface area contributed by atoms with Crippen LogP contribution in [0.1, 0.15) is 19.3 Å². The van der Waals surface area contributed by atoms with Crippen molar-refractivity contribution in [3.63, 3.8) is 0 Å². The van der Waals surface area contributed by atoms with Gasteiger partial charge in [-0.3, -0.25) is 9.10 Å². The topological polar surface area (TPSA) is 132 Å². The molecule has 0 atom stereocenters. The number of carbonyl (C=O) groups is 1. The lowest BCUT2D eigenvalue weighted by molar-refractivity contribution is -0.114. The van der Waals surface area contributed by atoms with Gasteiger partial charge in [-0.05, 0) is 55.3 Å². The quantitative estimate of drug-likeness (QED) is 0.342. The van der Waals surface area contributed by atoms with Gasteiger partial charge < -0.3 is 19.5 Å². The number of nitrogens with zero attached hydrogens (tertiary/aromatic N) is 2. The van der Waals surface area contributed by atoms with Crippen molar-refractivity contribution in [2.24, 2.45) is 0 Å². The number of piperidine rings is 1. The zero-order valence-electron chi connectivity index (χ0n) is 23.4. The van der Waals surface area contributed by atoms with Crippen molar-refractivity contribution in [3.8, 4) is 17.2 Å². The lowest BCUT2D eigenvalue weighted by Crippen LogP contribution is -2.38. The number of benzene rings is 3. The van der Waals surface area contributed by atoms with Gasteiger partial charge in [-0.2, -0.15) is 4.31 Å². The molecule has 0 radical (unpaired) electrons. The Morgan fingerprint density at radius 1 is 0.857 bits per heavy atom. The molecule has 14 heteroatoms. The Balaban J connectivity index is 1.67. The summed E-state index contributed by atoms with van der Waals surface area (Å²) in [6, 6.07) is 13.1. The predicted octanol–water partition coefficient (Wildman–Crippen LogP) is 3.86. The highest BCUT2D eigenvalue weighted by Crippen LogP contribution is 2.34. The largest absolute Gasteiger partial charge is 0.495 e. The van der Waals surface area contributed by atoms with Crippen LogP contribution in [0.4, 0.5) is 15.8 Å². The number of halogens is 1. The fourth-order valence-electron chi connectivity index (χ4n) is 4.59. The molecule has 0 aliphatic carbocycles. The van der Waals surface area contributed by atoms with Gasteiger partial charge in [0.05, 0.1) is 31.9 Å². The minimum atomic E-state index is -4.50. The number of rotatable bonds is 11. The Morgan fingerprint density at radius 3 is 2.14 bits per heavy atom. The molecule has 0 bridgehead atoms. The van der Waals surface area contributed by atoms with Crippen LogP contribution in [0.2, 0.25) is 0 Å². The molecule has 1 saturated heterocycles. The second-order valence-corrected chi connectivity index (χ2v) is 13.1. The molecule has 3 aromatic rings. The van der Waals surface area contributed by atoms with Crippen LogP contribution in [0.15, 0.2) is 70.5 Å². The highest BCUT2D eigenvalue weighted by Gasteiger charge is 2.32. The molecular weight excluding hydrogens is 589 g/mol. The Bertz CT molecular complexity index is 1660. The third-order valence-electron chi connectivity index (χ3n) is 6.73. The molecule has 1 N–H and O–H groups in total. The van der Waals surface area contributed by atoms with Crippen molar-refractivity contribution in [2.75, 3.05) is 50.6 Å². The SMILES string of the molecule is COc1ccc(S(=O)(=O)N(CC(=O)Nc2ccc(OC)c(S(=O)(=O)N3CCCCC3)c2)c2ccccc2F)cc1OC. The first kappa shape index (κ1) is 31.1. The number of amides is 1. The number of hydrogen-bond donors (Lipinski definition) is 1. The summed E-state index contributed by atoms with van der Waals surface area (Å²) in [5, 5.41) is 2.54. The molecule has 3 aromatic carbocycles. The van der Waals surface area contributed by atoms with Crippen molar-refractivity contribution in [1.82, 2.24) is 4.31 Å². The average molecular weight is 622 g/mol. The number of sulfonamides is 2. The Kier molecular flexibility index (Phi) is 9.59. The second kappa shape index (κ2) is 13.0. The fraction of sp³-hybridized carbons (Fsp3) is 0.321. The van der Waals surface area contributed by atoms with E-state index in [1.54, 1.807) is 0 Å². The van der Waals surface area contributed by atoms with Gasteiger partial charge in [0.25, 0.3) is 10.0 Å². The first-order valence-corrected chi connectivity index (χ1v) is 15.9. The highest BCUT2D eigenvalue weighted by molar-refractivity contribution is 7.92. The van der Waals surface area contributed by atoms with E-state index in [9.17, 15) is 26.0 Å². The van der Waals surface area contributed by atoms with Crippen molar-refractivity contribution in [2.45, 2.75) is 29.1 Å². The van der Waals surface area contributed by atoms with Gasteiger partial charge in [-0.25, -0.2) is 21.2 Å². The van der Waals surface area contributed by atoms with E-state index >= 15 is 0 Å². The third kappa shape index (κ3) is 6.45. The summed E-state index contributed by atoms with van der Waals surface area (Å²) in [4.78, 5) is 12.9. The molecule has 0 unspecified atom stereocenters. The standard InChI is InChI=1S/C28H32FN3O8S2/c1-38-24-14-12-21(18-26(24)40-3)41(34,35)32(23-10-6-5-9-22(23)29)19-28(33)30-20-11-13-25(39-2)27(17-20)42(36,37)31-15-7-4-8-16-31/h5-6,9-14,17-18H,4,7-8,15-16,19H2,1-3H3,(H,30,33). The van der Waals surface area contributed by atoms with Gasteiger partial charge in [0.2, 0.25) is 15.9 Å². The maximum absolute atomic E-state index is 14.9. The van der Waals surface area contributed by atoms with Crippen LogP contribution in [0.3, 0.4) is 0 Å². The minimum absolute atomic E-state index is 0.0911. The summed E-state index contributed by atoms with van der Waals surface area (Å²) < 4.78 is 86.9. The monoisotopic (exact) mass is 621 g/mol. The Labute approximate surface area is 244 Å². The van der Waals surface area contributed by atoms with E-state index < -0.39 is 38.3 Å². The minimum Gasteiger partial charge on any atom is -0.495 e. The van der Waals surface area contributed by atoms with E-state index in [-0.39, 0.29) is 38.4 Å². The molecule has 1 fully saturated rings. The van der Waals surface area contributed by atoms with E-state index in [0.717, 1.165) is 25.3 Å². The normalized spacial score (nSPS) is 14.2. The number of ether oxygens (including phenoxy) is 3. The molecule has 0 spiro atoms. The molecular formula is C28H32FN3O8S2. The molecule has 1 amide bonds. The van der Waals surface area contributed by atoms with E-state index in [1.807, 2.05) is 0 Å². The lowest BCUT2D eigenvalue weighted by atomic mass is 10.2.